The normalized spacial score (nSPS) is 10.9. The van der Waals surface area contributed by atoms with E-state index in [9.17, 15) is 9.59 Å². The Hall–Kier alpha value is -3.35. The minimum Gasteiger partial charge on any atom is -0.494 e. The molecule has 0 atom stereocenters. The van der Waals surface area contributed by atoms with E-state index < -0.39 is 5.97 Å². The van der Waals surface area contributed by atoms with Crippen molar-refractivity contribution in [1.82, 2.24) is 5.43 Å². The van der Waals surface area contributed by atoms with E-state index in [0.29, 0.717) is 41.4 Å². The molecule has 2 aromatic carbocycles. The molecule has 0 bridgehead atoms. The second-order valence-electron chi connectivity index (χ2n) is 9.34. The summed E-state index contributed by atoms with van der Waals surface area (Å²) in [5.41, 5.74) is 3.69. The van der Waals surface area contributed by atoms with Gasteiger partial charge in [-0.25, -0.2) is 10.2 Å². The van der Waals surface area contributed by atoms with E-state index in [1.807, 2.05) is 6.92 Å². The number of hydrogen-bond donors (Lipinski definition) is 1. The maximum Gasteiger partial charge on any atom is 0.343 e. The van der Waals surface area contributed by atoms with Crippen molar-refractivity contribution in [3.05, 3.63) is 53.6 Å². The van der Waals surface area contributed by atoms with E-state index in [0.717, 1.165) is 12.8 Å². The summed E-state index contributed by atoms with van der Waals surface area (Å²) in [5, 5.41) is 4.05. The highest BCUT2D eigenvalue weighted by atomic mass is 16.6. The maximum absolute atomic E-state index is 12.5. The van der Waals surface area contributed by atoms with E-state index in [1.54, 1.807) is 48.7 Å². The lowest BCUT2D eigenvalue weighted by molar-refractivity contribution is -0.121. The van der Waals surface area contributed by atoms with Gasteiger partial charge in [0, 0.05) is 6.42 Å². The van der Waals surface area contributed by atoms with Gasteiger partial charge in [0.25, 0.3) is 0 Å². The minimum atomic E-state index is -0.498. The van der Waals surface area contributed by atoms with Crippen LogP contribution in [-0.4, -0.2) is 31.8 Å². The maximum atomic E-state index is 12.5. The van der Waals surface area contributed by atoms with Crippen LogP contribution in [0, 0.1) is 0 Å². The number of hydrogen-bond acceptors (Lipinski definition) is 6. The molecule has 7 heteroatoms. The topological polar surface area (TPSA) is 86.2 Å². The first-order chi connectivity index (χ1) is 18.6. The van der Waals surface area contributed by atoms with Gasteiger partial charge in [-0.3, -0.25) is 4.79 Å². The fourth-order valence-corrected chi connectivity index (χ4v) is 4.05. The average Bonchev–Trinajstić information content (AvgIpc) is 2.93. The summed E-state index contributed by atoms with van der Waals surface area (Å²) >= 11 is 0. The van der Waals surface area contributed by atoms with Gasteiger partial charge in [-0.15, -0.1) is 0 Å². The second kappa shape index (κ2) is 18.8. The Balaban J connectivity index is 1.69. The third-order valence-electron chi connectivity index (χ3n) is 6.20. The summed E-state index contributed by atoms with van der Waals surface area (Å²) in [6.45, 7) is 4.70. The van der Waals surface area contributed by atoms with Gasteiger partial charge in [0.2, 0.25) is 5.91 Å². The lowest BCUT2D eigenvalue weighted by atomic mass is 10.1. The number of carbonyl (C=O) groups excluding carboxylic acids is 2. The number of unbranched alkanes of at least 4 members (excludes halogenated alkanes) is 10. The average molecular weight is 525 g/mol. The van der Waals surface area contributed by atoms with Crippen LogP contribution in [0.4, 0.5) is 0 Å². The molecule has 0 heterocycles. The molecular weight excluding hydrogens is 480 g/mol. The molecule has 0 aliphatic carbocycles. The largest absolute Gasteiger partial charge is 0.494 e. The van der Waals surface area contributed by atoms with E-state index in [2.05, 4.69) is 17.5 Å². The quantitative estimate of drug-likeness (QED) is 0.0677. The molecule has 1 amide bonds. The lowest BCUT2D eigenvalue weighted by Crippen LogP contribution is -2.16. The molecule has 0 saturated heterocycles. The molecule has 0 fully saturated rings. The van der Waals surface area contributed by atoms with Crippen molar-refractivity contribution in [2.24, 2.45) is 5.10 Å². The van der Waals surface area contributed by atoms with Crippen molar-refractivity contribution in [2.45, 2.75) is 90.9 Å². The van der Waals surface area contributed by atoms with Gasteiger partial charge in [0.05, 0.1) is 25.5 Å². The molecular formula is C31H44N2O5. The molecule has 2 aromatic rings. The van der Waals surface area contributed by atoms with Gasteiger partial charge in [0.1, 0.15) is 5.75 Å². The van der Waals surface area contributed by atoms with Crippen LogP contribution in [0.15, 0.2) is 47.6 Å². The van der Waals surface area contributed by atoms with Crippen molar-refractivity contribution >= 4 is 18.1 Å². The van der Waals surface area contributed by atoms with E-state index in [-0.39, 0.29) is 5.91 Å². The highest BCUT2D eigenvalue weighted by Crippen LogP contribution is 2.28. The Morgan fingerprint density at radius 2 is 1.45 bits per heavy atom. The van der Waals surface area contributed by atoms with Crippen molar-refractivity contribution in [1.29, 1.82) is 0 Å². The Morgan fingerprint density at radius 1 is 0.816 bits per heavy atom. The van der Waals surface area contributed by atoms with Gasteiger partial charge < -0.3 is 14.2 Å². The van der Waals surface area contributed by atoms with Crippen LogP contribution in [0.2, 0.25) is 0 Å². The molecule has 0 aliphatic rings. The van der Waals surface area contributed by atoms with Crippen LogP contribution >= 0.6 is 0 Å². The number of nitrogens with one attached hydrogen (secondary N) is 1. The number of methoxy groups -OCH3 is 1. The molecule has 0 aromatic heterocycles. The Bertz CT molecular complexity index is 988. The number of ether oxygens (including phenoxy) is 3. The summed E-state index contributed by atoms with van der Waals surface area (Å²) < 4.78 is 16.3. The van der Waals surface area contributed by atoms with Gasteiger partial charge in [0.15, 0.2) is 11.5 Å². The van der Waals surface area contributed by atoms with Crippen LogP contribution in [0.25, 0.3) is 0 Å². The molecule has 38 heavy (non-hydrogen) atoms. The van der Waals surface area contributed by atoms with E-state index >= 15 is 0 Å². The fraction of sp³-hybridized carbons (Fsp3) is 0.516. The molecule has 2 rings (SSSR count). The highest BCUT2D eigenvalue weighted by Gasteiger charge is 2.13. The number of benzene rings is 2. The molecule has 7 nitrogen and oxygen atoms in total. The SMILES string of the molecule is CCCCCCCCCCCCCC(=O)N/N=C\c1ccc(OC(=O)c2ccc(OCC)cc2)c(OC)c1. The standard InChI is InChI=1S/C31H44N2O5/c1-4-6-7-8-9-10-11-12-13-14-15-16-30(34)33-32-24-25-17-22-28(29(23-25)36-3)38-31(35)26-18-20-27(21-19-26)37-5-2/h17-24H,4-16H2,1-3H3,(H,33,34)/b32-24-. The Morgan fingerprint density at radius 3 is 2.05 bits per heavy atom. The molecule has 0 saturated carbocycles. The minimum absolute atomic E-state index is 0.0926. The first kappa shape index (κ1) is 30.9. The van der Waals surface area contributed by atoms with Gasteiger partial charge >= 0.3 is 5.97 Å². The van der Waals surface area contributed by atoms with E-state index in [1.165, 1.54) is 64.9 Å². The predicted molar refractivity (Wildman–Crippen MR) is 152 cm³/mol. The Labute approximate surface area is 228 Å². The van der Waals surface area contributed by atoms with E-state index in [4.69, 9.17) is 14.2 Å². The van der Waals surface area contributed by atoms with Gasteiger partial charge in [-0.1, -0.05) is 71.1 Å². The van der Waals surface area contributed by atoms with Crippen LogP contribution in [0.5, 0.6) is 17.2 Å². The first-order valence-electron chi connectivity index (χ1n) is 14.0. The third-order valence-corrected chi connectivity index (χ3v) is 6.20. The summed E-state index contributed by atoms with van der Waals surface area (Å²) in [7, 11) is 1.50. The molecule has 0 unspecified atom stereocenters. The number of rotatable bonds is 19. The second-order valence-corrected chi connectivity index (χ2v) is 9.34. The van der Waals surface area contributed by atoms with Crippen LogP contribution in [0.3, 0.4) is 0 Å². The zero-order valence-corrected chi connectivity index (χ0v) is 23.3. The summed E-state index contributed by atoms with van der Waals surface area (Å²) in [4.78, 5) is 24.6. The zero-order valence-electron chi connectivity index (χ0n) is 23.3. The summed E-state index contributed by atoms with van der Waals surface area (Å²) in [5.74, 6) is 0.785. The fourth-order valence-electron chi connectivity index (χ4n) is 4.05. The lowest BCUT2D eigenvalue weighted by Gasteiger charge is -2.10. The zero-order chi connectivity index (χ0) is 27.4. The monoisotopic (exact) mass is 524 g/mol. The first-order valence-corrected chi connectivity index (χ1v) is 14.0. The van der Waals surface area contributed by atoms with Crippen molar-refractivity contribution < 1.29 is 23.8 Å². The highest BCUT2D eigenvalue weighted by molar-refractivity contribution is 5.91. The van der Waals surface area contributed by atoms with Crippen molar-refractivity contribution in [3.8, 4) is 17.2 Å². The third kappa shape index (κ3) is 12.3. The number of carbonyl (C=O) groups is 2. The van der Waals surface area contributed by atoms with Crippen molar-refractivity contribution in [3.63, 3.8) is 0 Å². The smallest absolute Gasteiger partial charge is 0.343 e. The van der Waals surface area contributed by atoms with Crippen LogP contribution in [-0.2, 0) is 4.79 Å². The van der Waals surface area contributed by atoms with Crippen LogP contribution < -0.4 is 19.6 Å². The van der Waals surface area contributed by atoms with Crippen molar-refractivity contribution in [2.75, 3.05) is 13.7 Å². The number of hydrazone groups is 1. The van der Waals surface area contributed by atoms with Crippen LogP contribution in [0.1, 0.15) is 107 Å². The predicted octanol–water partition coefficient (Wildman–Crippen LogP) is 7.46. The van der Waals surface area contributed by atoms with Gasteiger partial charge in [-0.2, -0.15) is 5.10 Å². The molecule has 208 valence electrons. The molecule has 0 aliphatic heterocycles. The summed E-state index contributed by atoms with van der Waals surface area (Å²) in [6, 6.07) is 11.8. The Kier molecular flexibility index (Phi) is 15.3. The summed E-state index contributed by atoms with van der Waals surface area (Å²) in [6.07, 6.45) is 15.8. The molecule has 0 radical (unpaired) electrons. The number of nitrogens with zero attached hydrogens (tertiary/aromatic N) is 1. The molecule has 0 spiro atoms. The molecule has 1 N–H and O–H groups in total. The van der Waals surface area contributed by atoms with Gasteiger partial charge in [-0.05, 0) is 61.4 Å². The number of amides is 1. The number of esters is 1.